The lowest BCUT2D eigenvalue weighted by molar-refractivity contribution is -0.141. The van der Waals surface area contributed by atoms with Crippen molar-refractivity contribution in [1.29, 1.82) is 0 Å². The molecule has 0 radical (unpaired) electrons. The highest BCUT2D eigenvalue weighted by Crippen LogP contribution is 2.30. The fourth-order valence-corrected chi connectivity index (χ4v) is 2.07. The highest BCUT2D eigenvalue weighted by Gasteiger charge is 2.36. The zero-order valence-electron chi connectivity index (χ0n) is 10.9. The van der Waals surface area contributed by atoms with Gasteiger partial charge in [0.05, 0.1) is 5.69 Å². The number of halogens is 3. The van der Waals surface area contributed by atoms with E-state index in [-0.39, 0.29) is 5.69 Å². The van der Waals surface area contributed by atoms with E-state index >= 15 is 0 Å². The van der Waals surface area contributed by atoms with Crippen LogP contribution in [0.1, 0.15) is 16.2 Å². The summed E-state index contributed by atoms with van der Waals surface area (Å²) in [6, 6.07) is 6.94. The monoisotopic (exact) mass is 307 g/mol. The lowest BCUT2D eigenvalue weighted by Crippen LogP contribution is -2.09. The highest BCUT2D eigenvalue weighted by molar-refractivity contribution is 5.88. The standard InChI is InChI=1S/C14H8F3N3O2/c15-14(16,17)12-6-11(13(21)22)20(19-12)10-2-1-8-3-4-18-7-9(8)5-10/h1-7H,(H,21,22). The minimum absolute atomic E-state index is 0.216. The van der Waals surface area contributed by atoms with Gasteiger partial charge in [-0.15, -0.1) is 0 Å². The second-order valence-electron chi connectivity index (χ2n) is 4.54. The van der Waals surface area contributed by atoms with E-state index in [2.05, 4.69) is 10.1 Å². The fraction of sp³-hybridized carbons (Fsp3) is 0.0714. The van der Waals surface area contributed by atoms with Crippen LogP contribution in [-0.4, -0.2) is 25.8 Å². The Morgan fingerprint density at radius 2 is 1.91 bits per heavy atom. The molecule has 1 aromatic carbocycles. The zero-order chi connectivity index (χ0) is 15.9. The van der Waals surface area contributed by atoms with E-state index in [4.69, 9.17) is 5.11 Å². The summed E-state index contributed by atoms with van der Waals surface area (Å²) in [5.74, 6) is -1.49. The van der Waals surface area contributed by atoms with Crippen molar-refractivity contribution >= 4 is 16.7 Å². The third kappa shape index (κ3) is 2.39. The topological polar surface area (TPSA) is 68.0 Å². The van der Waals surface area contributed by atoms with Crippen LogP contribution < -0.4 is 0 Å². The highest BCUT2D eigenvalue weighted by atomic mass is 19.4. The van der Waals surface area contributed by atoms with Crippen molar-refractivity contribution in [2.45, 2.75) is 6.18 Å². The van der Waals surface area contributed by atoms with Crippen molar-refractivity contribution in [3.05, 3.63) is 54.1 Å². The van der Waals surface area contributed by atoms with Crippen molar-refractivity contribution in [3.63, 3.8) is 0 Å². The maximum absolute atomic E-state index is 12.7. The molecule has 112 valence electrons. The number of carbonyl (C=O) groups is 1. The molecule has 0 aliphatic heterocycles. The Morgan fingerprint density at radius 1 is 1.14 bits per heavy atom. The molecule has 0 spiro atoms. The summed E-state index contributed by atoms with van der Waals surface area (Å²) in [5.41, 5.74) is -1.60. The van der Waals surface area contributed by atoms with Crippen LogP contribution in [0.4, 0.5) is 13.2 Å². The number of aromatic nitrogens is 3. The summed E-state index contributed by atoms with van der Waals surface area (Å²) in [7, 11) is 0. The van der Waals surface area contributed by atoms with E-state index in [1.54, 1.807) is 18.3 Å². The van der Waals surface area contributed by atoms with Crippen LogP contribution in [0.3, 0.4) is 0 Å². The SMILES string of the molecule is O=C(O)c1cc(C(F)(F)F)nn1-c1ccc2ccncc2c1. The number of fused-ring (bicyclic) bond motifs is 1. The van der Waals surface area contributed by atoms with E-state index in [0.29, 0.717) is 11.5 Å². The maximum atomic E-state index is 12.7. The molecule has 0 bridgehead atoms. The summed E-state index contributed by atoms with van der Waals surface area (Å²) in [6.07, 6.45) is -1.60. The van der Waals surface area contributed by atoms with Crippen molar-refractivity contribution < 1.29 is 23.1 Å². The fourth-order valence-electron chi connectivity index (χ4n) is 2.07. The smallest absolute Gasteiger partial charge is 0.435 e. The first-order valence-corrected chi connectivity index (χ1v) is 6.11. The number of carboxylic acids is 1. The molecule has 0 unspecified atom stereocenters. The van der Waals surface area contributed by atoms with Crippen LogP contribution in [0.5, 0.6) is 0 Å². The van der Waals surface area contributed by atoms with Crippen molar-refractivity contribution in [2.24, 2.45) is 0 Å². The Hall–Kier alpha value is -2.90. The molecule has 2 aromatic heterocycles. The third-order valence-corrected chi connectivity index (χ3v) is 3.09. The van der Waals surface area contributed by atoms with Crippen LogP contribution in [0.25, 0.3) is 16.5 Å². The Bertz CT molecular complexity index is 871. The molecule has 3 rings (SSSR count). The van der Waals surface area contributed by atoms with Gasteiger partial charge in [0.1, 0.15) is 0 Å². The number of pyridine rings is 1. The summed E-state index contributed by atoms with van der Waals surface area (Å²) >= 11 is 0. The zero-order valence-corrected chi connectivity index (χ0v) is 10.9. The van der Waals surface area contributed by atoms with E-state index in [1.165, 1.54) is 18.3 Å². The Balaban J connectivity index is 2.20. The van der Waals surface area contributed by atoms with E-state index in [1.807, 2.05) is 0 Å². The van der Waals surface area contributed by atoms with Gasteiger partial charge < -0.3 is 5.11 Å². The molecule has 1 N–H and O–H groups in total. The molecule has 0 fully saturated rings. The number of hydrogen-bond acceptors (Lipinski definition) is 3. The first-order chi connectivity index (χ1) is 10.4. The largest absolute Gasteiger partial charge is 0.477 e. The van der Waals surface area contributed by atoms with Gasteiger partial charge in [-0.2, -0.15) is 18.3 Å². The molecule has 5 nitrogen and oxygen atoms in total. The number of nitrogens with zero attached hydrogens (tertiary/aromatic N) is 3. The second-order valence-corrected chi connectivity index (χ2v) is 4.54. The molecule has 0 aliphatic rings. The van der Waals surface area contributed by atoms with Gasteiger partial charge in [-0.25, -0.2) is 9.48 Å². The minimum atomic E-state index is -4.71. The Morgan fingerprint density at radius 3 is 2.59 bits per heavy atom. The van der Waals surface area contributed by atoms with E-state index < -0.39 is 23.5 Å². The first-order valence-electron chi connectivity index (χ1n) is 6.11. The Kier molecular flexibility index (Phi) is 3.09. The van der Waals surface area contributed by atoms with E-state index in [0.717, 1.165) is 10.1 Å². The predicted octanol–water partition coefficient (Wildman–Crippen LogP) is 3.14. The molecule has 0 saturated heterocycles. The number of rotatable bonds is 2. The van der Waals surface area contributed by atoms with Crippen molar-refractivity contribution in [2.75, 3.05) is 0 Å². The predicted molar refractivity (Wildman–Crippen MR) is 70.8 cm³/mol. The van der Waals surface area contributed by atoms with Crippen molar-refractivity contribution in [1.82, 2.24) is 14.8 Å². The average molecular weight is 307 g/mol. The van der Waals surface area contributed by atoms with Gasteiger partial charge in [0, 0.05) is 23.8 Å². The van der Waals surface area contributed by atoms with Gasteiger partial charge in [-0.05, 0) is 23.6 Å². The number of aromatic carboxylic acids is 1. The van der Waals surface area contributed by atoms with Crippen LogP contribution in [0.2, 0.25) is 0 Å². The van der Waals surface area contributed by atoms with E-state index in [9.17, 15) is 18.0 Å². The van der Waals surface area contributed by atoms with Crippen LogP contribution in [-0.2, 0) is 6.18 Å². The van der Waals surface area contributed by atoms with Gasteiger partial charge in [0.2, 0.25) is 0 Å². The maximum Gasteiger partial charge on any atom is 0.435 e. The summed E-state index contributed by atoms with van der Waals surface area (Å²) in [5, 5.41) is 13.9. The molecule has 3 aromatic rings. The number of alkyl halides is 3. The molecule has 0 amide bonds. The van der Waals surface area contributed by atoms with Gasteiger partial charge in [-0.3, -0.25) is 4.98 Å². The minimum Gasteiger partial charge on any atom is -0.477 e. The molecule has 0 saturated carbocycles. The summed E-state index contributed by atoms with van der Waals surface area (Å²) in [4.78, 5) is 15.1. The molecular weight excluding hydrogens is 299 g/mol. The van der Waals surface area contributed by atoms with Crippen LogP contribution in [0.15, 0.2) is 42.7 Å². The molecule has 0 aliphatic carbocycles. The number of hydrogen-bond donors (Lipinski definition) is 1. The van der Waals surface area contributed by atoms with Crippen LogP contribution >= 0.6 is 0 Å². The van der Waals surface area contributed by atoms with Crippen molar-refractivity contribution in [3.8, 4) is 5.69 Å². The second kappa shape index (κ2) is 4.83. The molecule has 8 heteroatoms. The number of carboxylic acid groups (broad SMARTS) is 1. The number of benzene rings is 1. The summed E-state index contributed by atoms with van der Waals surface area (Å²) < 4.78 is 39.0. The molecule has 2 heterocycles. The third-order valence-electron chi connectivity index (χ3n) is 3.09. The molecule has 22 heavy (non-hydrogen) atoms. The molecule has 0 atom stereocenters. The van der Waals surface area contributed by atoms with Gasteiger partial charge >= 0.3 is 12.1 Å². The van der Waals surface area contributed by atoms with Gasteiger partial charge in [0.25, 0.3) is 0 Å². The first kappa shape index (κ1) is 14.1. The summed E-state index contributed by atoms with van der Waals surface area (Å²) in [6.45, 7) is 0. The van der Waals surface area contributed by atoms with Gasteiger partial charge in [0.15, 0.2) is 11.4 Å². The lowest BCUT2D eigenvalue weighted by atomic mass is 10.1. The quantitative estimate of drug-likeness (QED) is 0.789. The lowest BCUT2D eigenvalue weighted by Gasteiger charge is -2.06. The van der Waals surface area contributed by atoms with Gasteiger partial charge in [-0.1, -0.05) is 6.07 Å². The normalized spacial score (nSPS) is 11.8. The van der Waals surface area contributed by atoms with Crippen LogP contribution in [0, 0.1) is 0 Å². The molecular formula is C14H8F3N3O2. The average Bonchev–Trinajstić information content (AvgIpc) is 2.92. The Labute approximate surface area is 121 Å².